The van der Waals surface area contributed by atoms with Gasteiger partial charge in [-0.2, -0.15) is 5.10 Å². The van der Waals surface area contributed by atoms with Gasteiger partial charge in [-0.25, -0.2) is 9.67 Å². The van der Waals surface area contributed by atoms with Crippen molar-refractivity contribution >= 4 is 18.3 Å². The number of hydrogen-bond acceptors (Lipinski definition) is 4. The number of carbonyl (C=O) groups excluding carboxylic acids is 1. The van der Waals surface area contributed by atoms with Gasteiger partial charge in [-0.3, -0.25) is 4.79 Å². The third-order valence-corrected chi connectivity index (χ3v) is 4.14. The summed E-state index contributed by atoms with van der Waals surface area (Å²) in [7, 11) is 0. The van der Waals surface area contributed by atoms with Gasteiger partial charge in [0.15, 0.2) is 0 Å². The molecular formula is C16H22ClN5O. The molecular weight excluding hydrogens is 314 g/mol. The van der Waals surface area contributed by atoms with Gasteiger partial charge >= 0.3 is 0 Å². The van der Waals surface area contributed by atoms with Crippen LogP contribution in [0.15, 0.2) is 36.9 Å². The summed E-state index contributed by atoms with van der Waals surface area (Å²) in [4.78, 5) is 16.6. The number of piperidine rings is 1. The number of benzene rings is 1. The highest BCUT2D eigenvalue weighted by molar-refractivity contribution is 5.95. The van der Waals surface area contributed by atoms with Gasteiger partial charge < -0.3 is 10.6 Å². The Hall–Kier alpha value is -1.92. The zero-order valence-electron chi connectivity index (χ0n) is 13.1. The number of halogens is 1. The van der Waals surface area contributed by atoms with E-state index in [1.807, 2.05) is 24.3 Å². The molecule has 0 bridgehead atoms. The first-order valence-electron chi connectivity index (χ1n) is 7.68. The molecule has 1 aromatic heterocycles. The number of aromatic nitrogens is 3. The fraction of sp³-hybridized carbons (Fsp3) is 0.438. The molecule has 1 aliphatic heterocycles. The summed E-state index contributed by atoms with van der Waals surface area (Å²) in [5, 5.41) is 10.7. The van der Waals surface area contributed by atoms with Crippen LogP contribution in [0.1, 0.15) is 35.7 Å². The molecule has 23 heavy (non-hydrogen) atoms. The first kappa shape index (κ1) is 17.4. The topological polar surface area (TPSA) is 71.8 Å². The summed E-state index contributed by atoms with van der Waals surface area (Å²) in [5.41, 5.74) is 1.65. The lowest BCUT2D eigenvalue weighted by molar-refractivity contribution is 0.0918. The average molecular weight is 336 g/mol. The molecule has 2 atom stereocenters. The van der Waals surface area contributed by atoms with Crippen LogP contribution in [0.25, 0.3) is 0 Å². The molecule has 0 spiro atoms. The Bertz CT molecular complexity index is 631. The second-order valence-corrected chi connectivity index (χ2v) is 5.72. The molecule has 1 amide bonds. The smallest absolute Gasteiger partial charge is 0.251 e. The van der Waals surface area contributed by atoms with Crippen molar-refractivity contribution in [3.05, 3.63) is 48.0 Å². The number of nitrogens with zero attached hydrogens (tertiary/aromatic N) is 3. The van der Waals surface area contributed by atoms with Crippen molar-refractivity contribution in [3.8, 4) is 0 Å². The van der Waals surface area contributed by atoms with Crippen molar-refractivity contribution in [2.45, 2.75) is 38.4 Å². The number of amides is 1. The van der Waals surface area contributed by atoms with E-state index in [2.05, 4.69) is 27.6 Å². The average Bonchev–Trinajstić information content (AvgIpc) is 3.03. The molecule has 124 valence electrons. The zero-order valence-corrected chi connectivity index (χ0v) is 13.9. The van der Waals surface area contributed by atoms with Crippen LogP contribution in [-0.2, 0) is 6.54 Å². The number of rotatable bonds is 4. The highest BCUT2D eigenvalue weighted by Gasteiger charge is 2.23. The highest BCUT2D eigenvalue weighted by Crippen LogP contribution is 2.13. The van der Waals surface area contributed by atoms with Crippen molar-refractivity contribution in [1.82, 2.24) is 25.4 Å². The van der Waals surface area contributed by atoms with E-state index in [9.17, 15) is 4.79 Å². The second-order valence-electron chi connectivity index (χ2n) is 5.72. The standard InChI is InChI=1S/C16H21N5O.ClH/c1-12-15(7-4-8-18-12)20-16(22)14-6-3-2-5-13(14)9-21-11-17-10-19-21;/h2-3,5-6,10-12,15,18H,4,7-9H2,1H3,(H,20,22);1H. The van der Waals surface area contributed by atoms with Crippen LogP contribution in [-0.4, -0.2) is 39.3 Å². The van der Waals surface area contributed by atoms with E-state index in [4.69, 9.17) is 0 Å². The van der Waals surface area contributed by atoms with Crippen LogP contribution in [0, 0.1) is 0 Å². The predicted octanol–water partition coefficient (Wildman–Crippen LogP) is 1.62. The quantitative estimate of drug-likeness (QED) is 0.890. The maximum atomic E-state index is 12.6. The molecule has 2 aromatic rings. The van der Waals surface area contributed by atoms with Gasteiger partial charge in [0.25, 0.3) is 5.91 Å². The van der Waals surface area contributed by atoms with Crippen molar-refractivity contribution in [2.24, 2.45) is 0 Å². The number of hydrogen-bond donors (Lipinski definition) is 2. The Labute approximate surface area is 142 Å². The van der Waals surface area contributed by atoms with E-state index in [-0.39, 0.29) is 24.4 Å². The van der Waals surface area contributed by atoms with Crippen LogP contribution < -0.4 is 10.6 Å². The first-order valence-corrected chi connectivity index (χ1v) is 7.68. The second kappa shape index (κ2) is 8.08. The molecule has 2 unspecified atom stereocenters. The largest absolute Gasteiger partial charge is 0.348 e. The van der Waals surface area contributed by atoms with E-state index in [1.54, 1.807) is 11.0 Å². The molecule has 1 fully saturated rings. The third kappa shape index (κ3) is 4.30. The minimum atomic E-state index is -0.0173. The first-order chi connectivity index (χ1) is 10.7. The molecule has 6 nitrogen and oxygen atoms in total. The lowest BCUT2D eigenvalue weighted by atomic mass is 9.98. The summed E-state index contributed by atoms with van der Waals surface area (Å²) in [6.07, 6.45) is 5.26. The predicted molar refractivity (Wildman–Crippen MR) is 90.8 cm³/mol. The normalized spacial score (nSPS) is 20.6. The summed E-state index contributed by atoms with van der Waals surface area (Å²) in [6, 6.07) is 8.14. The van der Waals surface area contributed by atoms with Gasteiger partial charge in [0.1, 0.15) is 12.7 Å². The number of carbonyl (C=O) groups is 1. The lowest BCUT2D eigenvalue weighted by Crippen LogP contribution is -2.52. The van der Waals surface area contributed by atoms with Gasteiger partial charge in [-0.15, -0.1) is 12.4 Å². The summed E-state index contributed by atoms with van der Waals surface area (Å²) < 4.78 is 1.72. The van der Waals surface area contributed by atoms with Crippen molar-refractivity contribution in [2.75, 3.05) is 6.54 Å². The van der Waals surface area contributed by atoms with Crippen molar-refractivity contribution < 1.29 is 4.79 Å². The highest BCUT2D eigenvalue weighted by atomic mass is 35.5. The lowest BCUT2D eigenvalue weighted by Gasteiger charge is -2.30. The molecule has 2 heterocycles. The molecule has 2 N–H and O–H groups in total. The molecule has 3 rings (SSSR count). The maximum Gasteiger partial charge on any atom is 0.251 e. The van der Waals surface area contributed by atoms with E-state index in [0.29, 0.717) is 18.2 Å². The summed E-state index contributed by atoms with van der Waals surface area (Å²) in [6.45, 7) is 3.68. The van der Waals surface area contributed by atoms with E-state index in [0.717, 1.165) is 24.9 Å². The number of nitrogens with one attached hydrogen (secondary N) is 2. The minimum Gasteiger partial charge on any atom is -0.348 e. The molecule has 0 aliphatic carbocycles. The molecule has 0 radical (unpaired) electrons. The van der Waals surface area contributed by atoms with Crippen molar-refractivity contribution in [1.29, 1.82) is 0 Å². The molecule has 1 aliphatic rings. The Morgan fingerprint density at radius 3 is 3.00 bits per heavy atom. The molecule has 1 aromatic carbocycles. The van der Waals surface area contributed by atoms with Crippen LogP contribution in [0.4, 0.5) is 0 Å². The van der Waals surface area contributed by atoms with Gasteiger partial charge in [0.05, 0.1) is 6.54 Å². The summed E-state index contributed by atoms with van der Waals surface area (Å²) >= 11 is 0. The molecule has 1 saturated heterocycles. The monoisotopic (exact) mass is 335 g/mol. The van der Waals surface area contributed by atoms with E-state index < -0.39 is 0 Å². The third-order valence-electron chi connectivity index (χ3n) is 4.14. The SMILES string of the molecule is CC1NCCCC1NC(=O)c1ccccc1Cn1cncn1.Cl. The van der Waals surface area contributed by atoms with Crippen LogP contribution >= 0.6 is 12.4 Å². The minimum absolute atomic E-state index is 0. The summed E-state index contributed by atoms with van der Waals surface area (Å²) in [5.74, 6) is -0.0173. The Morgan fingerprint density at radius 1 is 1.43 bits per heavy atom. The van der Waals surface area contributed by atoms with Gasteiger partial charge in [-0.05, 0) is 37.9 Å². The maximum absolute atomic E-state index is 12.6. The van der Waals surface area contributed by atoms with Crippen LogP contribution in [0.3, 0.4) is 0 Å². The van der Waals surface area contributed by atoms with Crippen molar-refractivity contribution in [3.63, 3.8) is 0 Å². The zero-order chi connectivity index (χ0) is 15.4. The van der Waals surface area contributed by atoms with Gasteiger partial charge in [0, 0.05) is 17.6 Å². The Balaban J connectivity index is 0.00000192. The van der Waals surface area contributed by atoms with E-state index in [1.165, 1.54) is 6.33 Å². The van der Waals surface area contributed by atoms with Gasteiger partial charge in [-0.1, -0.05) is 18.2 Å². The molecule has 7 heteroatoms. The van der Waals surface area contributed by atoms with Gasteiger partial charge in [0.2, 0.25) is 0 Å². The Morgan fingerprint density at radius 2 is 2.26 bits per heavy atom. The van der Waals surface area contributed by atoms with Crippen LogP contribution in [0.5, 0.6) is 0 Å². The van der Waals surface area contributed by atoms with Crippen LogP contribution in [0.2, 0.25) is 0 Å². The molecule has 0 saturated carbocycles. The fourth-order valence-electron chi connectivity index (χ4n) is 2.86. The van der Waals surface area contributed by atoms with E-state index >= 15 is 0 Å². The fourth-order valence-corrected chi connectivity index (χ4v) is 2.86. The Kier molecular flexibility index (Phi) is 6.12.